The Kier molecular flexibility index (Phi) is 5.24. The van der Waals surface area contributed by atoms with E-state index < -0.39 is 0 Å². The molecular weight excluding hydrogens is 202 g/mol. The van der Waals surface area contributed by atoms with Gasteiger partial charge in [-0.05, 0) is 17.7 Å². The van der Waals surface area contributed by atoms with Crippen molar-refractivity contribution in [2.45, 2.75) is 13.0 Å². The molecule has 0 unspecified atom stereocenters. The smallest absolute Gasteiger partial charge is 0.161 e. The summed E-state index contributed by atoms with van der Waals surface area (Å²) in [6, 6.07) is 5.86. The molecule has 3 nitrogen and oxygen atoms in total. The van der Waals surface area contributed by atoms with E-state index in [-0.39, 0.29) is 0 Å². The lowest BCUT2D eigenvalue weighted by molar-refractivity contribution is 0.354. The van der Waals surface area contributed by atoms with Crippen molar-refractivity contribution < 1.29 is 9.47 Å². The van der Waals surface area contributed by atoms with Crippen LogP contribution in [-0.4, -0.2) is 20.8 Å². The van der Waals surface area contributed by atoms with Crippen LogP contribution < -0.4 is 14.8 Å². The molecule has 16 heavy (non-hydrogen) atoms. The van der Waals surface area contributed by atoms with Crippen molar-refractivity contribution in [2.75, 3.05) is 20.8 Å². The van der Waals surface area contributed by atoms with E-state index in [2.05, 4.69) is 11.2 Å². The molecule has 0 fully saturated rings. The Labute approximate surface area is 96.8 Å². The molecule has 0 bridgehead atoms. The van der Waals surface area contributed by atoms with Gasteiger partial charge in [0.15, 0.2) is 11.5 Å². The topological polar surface area (TPSA) is 30.5 Å². The molecule has 0 aliphatic heterocycles. The Bertz CT molecular complexity index is 369. The van der Waals surface area contributed by atoms with E-state index in [0.29, 0.717) is 0 Å². The minimum absolute atomic E-state index is 0.743. The van der Waals surface area contributed by atoms with Gasteiger partial charge in [0.2, 0.25) is 0 Å². The molecule has 86 valence electrons. The summed E-state index contributed by atoms with van der Waals surface area (Å²) in [5, 5.41) is 3.25. The highest BCUT2D eigenvalue weighted by atomic mass is 16.5. The van der Waals surface area contributed by atoms with Gasteiger partial charge in [-0.1, -0.05) is 6.07 Å². The van der Waals surface area contributed by atoms with Crippen LogP contribution in [0.1, 0.15) is 12.0 Å². The van der Waals surface area contributed by atoms with Gasteiger partial charge in [0.05, 0.1) is 14.2 Å². The van der Waals surface area contributed by atoms with E-state index in [0.717, 1.165) is 36.6 Å². The molecular formula is C13H17NO2. The van der Waals surface area contributed by atoms with Crippen LogP contribution in [-0.2, 0) is 6.54 Å². The van der Waals surface area contributed by atoms with E-state index >= 15 is 0 Å². The summed E-state index contributed by atoms with van der Waals surface area (Å²) in [5.74, 6) is 4.08. The molecule has 0 atom stereocenters. The molecule has 0 heterocycles. The number of benzene rings is 1. The summed E-state index contributed by atoms with van der Waals surface area (Å²) in [4.78, 5) is 0. The summed E-state index contributed by atoms with van der Waals surface area (Å²) in [6.07, 6.45) is 5.91. The second kappa shape index (κ2) is 6.76. The normalized spacial score (nSPS) is 9.56. The predicted octanol–water partition coefficient (Wildman–Crippen LogP) is 1.82. The maximum absolute atomic E-state index is 5.22. The van der Waals surface area contributed by atoms with Crippen LogP contribution in [0, 0.1) is 12.3 Å². The average Bonchev–Trinajstić information content (AvgIpc) is 2.34. The van der Waals surface area contributed by atoms with E-state index in [1.807, 2.05) is 18.2 Å². The summed E-state index contributed by atoms with van der Waals surface area (Å²) in [7, 11) is 3.26. The van der Waals surface area contributed by atoms with Crippen molar-refractivity contribution in [3.05, 3.63) is 23.8 Å². The Hall–Kier alpha value is -1.66. The van der Waals surface area contributed by atoms with Gasteiger partial charge in [-0.15, -0.1) is 12.3 Å². The average molecular weight is 219 g/mol. The van der Waals surface area contributed by atoms with Gasteiger partial charge >= 0.3 is 0 Å². The Morgan fingerprint density at radius 2 is 2.00 bits per heavy atom. The second-order valence-corrected chi connectivity index (χ2v) is 3.32. The Balaban J connectivity index is 2.58. The zero-order valence-corrected chi connectivity index (χ0v) is 9.75. The minimum Gasteiger partial charge on any atom is -0.493 e. The first-order valence-corrected chi connectivity index (χ1v) is 5.17. The molecule has 1 aromatic carbocycles. The quantitative estimate of drug-likeness (QED) is 0.584. The molecule has 3 heteroatoms. The molecule has 1 N–H and O–H groups in total. The SMILES string of the molecule is C#CCCNCc1ccc(OC)c(OC)c1. The fourth-order valence-electron chi connectivity index (χ4n) is 1.38. The summed E-state index contributed by atoms with van der Waals surface area (Å²) >= 11 is 0. The number of ether oxygens (including phenoxy) is 2. The number of hydrogen-bond donors (Lipinski definition) is 1. The van der Waals surface area contributed by atoms with Gasteiger partial charge in [-0.2, -0.15) is 0 Å². The second-order valence-electron chi connectivity index (χ2n) is 3.32. The molecule has 0 amide bonds. The number of nitrogens with one attached hydrogen (secondary N) is 1. The number of methoxy groups -OCH3 is 2. The predicted molar refractivity (Wildman–Crippen MR) is 64.7 cm³/mol. The van der Waals surface area contributed by atoms with E-state index in [1.165, 1.54) is 0 Å². The number of terminal acetylenes is 1. The fourth-order valence-corrected chi connectivity index (χ4v) is 1.38. The lowest BCUT2D eigenvalue weighted by atomic mass is 10.2. The highest BCUT2D eigenvalue weighted by molar-refractivity contribution is 5.42. The van der Waals surface area contributed by atoms with Gasteiger partial charge in [0.25, 0.3) is 0 Å². The minimum atomic E-state index is 0.743. The standard InChI is InChI=1S/C13H17NO2/c1-4-5-8-14-10-11-6-7-12(15-2)13(9-11)16-3/h1,6-7,9,14H,5,8,10H2,2-3H3. The third kappa shape index (κ3) is 3.48. The summed E-state index contributed by atoms with van der Waals surface area (Å²) < 4.78 is 10.4. The highest BCUT2D eigenvalue weighted by Gasteiger charge is 2.03. The maximum Gasteiger partial charge on any atom is 0.161 e. The van der Waals surface area contributed by atoms with Crippen LogP contribution >= 0.6 is 0 Å². The van der Waals surface area contributed by atoms with E-state index in [9.17, 15) is 0 Å². The molecule has 0 saturated heterocycles. The monoisotopic (exact) mass is 219 g/mol. The lowest BCUT2D eigenvalue weighted by Crippen LogP contribution is -2.14. The van der Waals surface area contributed by atoms with Gasteiger partial charge in [-0.25, -0.2) is 0 Å². The van der Waals surface area contributed by atoms with Crippen molar-refractivity contribution in [1.82, 2.24) is 5.32 Å². The molecule has 0 spiro atoms. The Morgan fingerprint density at radius 3 is 2.62 bits per heavy atom. The fraction of sp³-hybridized carbons (Fsp3) is 0.385. The van der Waals surface area contributed by atoms with Crippen molar-refractivity contribution in [2.24, 2.45) is 0 Å². The zero-order valence-electron chi connectivity index (χ0n) is 9.75. The third-order valence-corrected chi connectivity index (χ3v) is 2.22. The van der Waals surface area contributed by atoms with Crippen LogP contribution in [0.3, 0.4) is 0 Å². The van der Waals surface area contributed by atoms with Crippen molar-refractivity contribution in [3.8, 4) is 23.8 Å². The van der Waals surface area contributed by atoms with E-state index in [1.54, 1.807) is 14.2 Å². The first-order chi connectivity index (χ1) is 7.81. The molecule has 1 aromatic rings. The van der Waals surface area contributed by atoms with E-state index in [4.69, 9.17) is 15.9 Å². The van der Waals surface area contributed by atoms with Crippen LogP contribution in [0.2, 0.25) is 0 Å². The molecule has 1 rings (SSSR count). The van der Waals surface area contributed by atoms with Gasteiger partial charge in [0.1, 0.15) is 0 Å². The van der Waals surface area contributed by atoms with Crippen molar-refractivity contribution in [1.29, 1.82) is 0 Å². The lowest BCUT2D eigenvalue weighted by Gasteiger charge is -2.09. The summed E-state index contributed by atoms with van der Waals surface area (Å²) in [5.41, 5.74) is 1.15. The first-order valence-electron chi connectivity index (χ1n) is 5.17. The molecule has 0 radical (unpaired) electrons. The zero-order chi connectivity index (χ0) is 11.8. The summed E-state index contributed by atoms with van der Waals surface area (Å²) in [6.45, 7) is 1.60. The molecule has 0 aromatic heterocycles. The first kappa shape index (κ1) is 12.4. The van der Waals surface area contributed by atoms with Gasteiger partial charge in [-0.3, -0.25) is 0 Å². The Morgan fingerprint density at radius 1 is 1.25 bits per heavy atom. The maximum atomic E-state index is 5.22. The van der Waals surface area contributed by atoms with Crippen LogP contribution in [0.4, 0.5) is 0 Å². The van der Waals surface area contributed by atoms with Crippen molar-refractivity contribution >= 4 is 0 Å². The van der Waals surface area contributed by atoms with Crippen molar-refractivity contribution in [3.63, 3.8) is 0 Å². The van der Waals surface area contributed by atoms with Crippen LogP contribution in [0.5, 0.6) is 11.5 Å². The largest absolute Gasteiger partial charge is 0.493 e. The molecule has 0 aliphatic rings. The number of hydrogen-bond acceptors (Lipinski definition) is 3. The van der Waals surface area contributed by atoms with Crippen LogP contribution in [0.25, 0.3) is 0 Å². The van der Waals surface area contributed by atoms with Gasteiger partial charge < -0.3 is 14.8 Å². The third-order valence-electron chi connectivity index (χ3n) is 2.22. The molecule has 0 saturated carbocycles. The van der Waals surface area contributed by atoms with Crippen LogP contribution in [0.15, 0.2) is 18.2 Å². The number of rotatable bonds is 6. The van der Waals surface area contributed by atoms with Gasteiger partial charge in [0, 0.05) is 19.5 Å². The molecule has 0 aliphatic carbocycles. The highest BCUT2D eigenvalue weighted by Crippen LogP contribution is 2.27.